The quantitative estimate of drug-likeness (QED) is 0.768. The van der Waals surface area contributed by atoms with Crippen LogP contribution in [0.5, 0.6) is 0 Å². The molecule has 0 aromatic rings. The molecule has 0 bridgehead atoms. The number of thioether (sulfide) groups is 1. The third-order valence-electron chi connectivity index (χ3n) is 2.49. The van der Waals surface area contributed by atoms with Crippen LogP contribution in [-0.4, -0.2) is 49.0 Å². The SMILES string of the molecule is CC1CSC(=NCCN(C)C)NC1C. The predicted octanol–water partition coefficient (Wildman–Crippen LogP) is 1.27. The van der Waals surface area contributed by atoms with Gasteiger partial charge in [0.25, 0.3) is 0 Å². The number of amidine groups is 1. The van der Waals surface area contributed by atoms with Gasteiger partial charge < -0.3 is 10.2 Å². The summed E-state index contributed by atoms with van der Waals surface area (Å²) in [6, 6.07) is 0.564. The zero-order valence-corrected chi connectivity index (χ0v) is 10.4. The molecule has 0 aromatic heterocycles. The van der Waals surface area contributed by atoms with Crippen molar-refractivity contribution in [3.8, 4) is 0 Å². The number of hydrogen-bond donors (Lipinski definition) is 1. The first-order chi connectivity index (χ1) is 6.59. The first-order valence-corrected chi connectivity index (χ1v) is 6.16. The predicted molar refractivity (Wildman–Crippen MR) is 65.1 cm³/mol. The average molecular weight is 215 g/mol. The molecular weight excluding hydrogens is 194 g/mol. The number of nitrogens with zero attached hydrogens (tertiary/aromatic N) is 2. The van der Waals surface area contributed by atoms with Crippen LogP contribution in [0.1, 0.15) is 13.8 Å². The van der Waals surface area contributed by atoms with Crippen molar-refractivity contribution in [2.75, 3.05) is 32.9 Å². The Morgan fingerprint density at radius 2 is 2.21 bits per heavy atom. The van der Waals surface area contributed by atoms with Crippen LogP contribution in [0.25, 0.3) is 0 Å². The molecule has 82 valence electrons. The van der Waals surface area contributed by atoms with Crippen LogP contribution in [0.15, 0.2) is 4.99 Å². The van der Waals surface area contributed by atoms with E-state index >= 15 is 0 Å². The minimum Gasteiger partial charge on any atom is -0.362 e. The summed E-state index contributed by atoms with van der Waals surface area (Å²) in [7, 11) is 4.15. The van der Waals surface area contributed by atoms with Gasteiger partial charge in [0.1, 0.15) is 0 Å². The zero-order valence-electron chi connectivity index (χ0n) is 9.58. The van der Waals surface area contributed by atoms with Crippen LogP contribution in [0.2, 0.25) is 0 Å². The van der Waals surface area contributed by atoms with E-state index in [4.69, 9.17) is 0 Å². The smallest absolute Gasteiger partial charge is 0.156 e. The average Bonchev–Trinajstić information content (AvgIpc) is 2.10. The molecule has 0 radical (unpaired) electrons. The van der Waals surface area contributed by atoms with Crippen molar-refractivity contribution in [1.29, 1.82) is 0 Å². The normalized spacial score (nSPS) is 30.8. The Bertz CT molecular complexity index is 204. The largest absolute Gasteiger partial charge is 0.362 e. The number of aliphatic imine (C=N–C) groups is 1. The molecule has 2 unspecified atom stereocenters. The number of hydrogen-bond acceptors (Lipinski definition) is 3. The molecule has 0 amide bonds. The monoisotopic (exact) mass is 215 g/mol. The fourth-order valence-corrected chi connectivity index (χ4v) is 2.34. The van der Waals surface area contributed by atoms with E-state index in [2.05, 4.69) is 43.2 Å². The zero-order chi connectivity index (χ0) is 10.6. The Hall–Kier alpha value is -0.220. The van der Waals surface area contributed by atoms with Crippen molar-refractivity contribution in [3.05, 3.63) is 0 Å². The molecule has 14 heavy (non-hydrogen) atoms. The van der Waals surface area contributed by atoms with Crippen LogP contribution >= 0.6 is 11.8 Å². The highest BCUT2D eigenvalue weighted by Gasteiger charge is 2.20. The summed E-state index contributed by atoms with van der Waals surface area (Å²) < 4.78 is 0. The van der Waals surface area contributed by atoms with Crippen molar-refractivity contribution in [2.45, 2.75) is 19.9 Å². The molecule has 1 rings (SSSR count). The van der Waals surface area contributed by atoms with Crippen LogP contribution < -0.4 is 5.32 Å². The van der Waals surface area contributed by atoms with Crippen molar-refractivity contribution < 1.29 is 0 Å². The van der Waals surface area contributed by atoms with E-state index in [-0.39, 0.29) is 0 Å². The Morgan fingerprint density at radius 1 is 1.50 bits per heavy atom. The first kappa shape index (κ1) is 11.9. The second kappa shape index (κ2) is 5.61. The summed E-state index contributed by atoms with van der Waals surface area (Å²) in [6.45, 7) is 6.42. The van der Waals surface area contributed by atoms with Crippen LogP contribution in [0.4, 0.5) is 0 Å². The van der Waals surface area contributed by atoms with Crippen molar-refractivity contribution >= 4 is 16.9 Å². The van der Waals surface area contributed by atoms with E-state index in [1.807, 2.05) is 11.8 Å². The number of nitrogens with one attached hydrogen (secondary N) is 1. The lowest BCUT2D eigenvalue weighted by atomic mass is 10.1. The van der Waals surface area contributed by atoms with Crippen molar-refractivity contribution in [1.82, 2.24) is 10.2 Å². The Morgan fingerprint density at radius 3 is 2.79 bits per heavy atom. The van der Waals surface area contributed by atoms with Gasteiger partial charge in [-0.05, 0) is 26.9 Å². The summed E-state index contributed by atoms with van der Waals surface area (Å²) >= 11 is 1.85. The molecule has 1 N–H and O–H groups in total. The van der Waals surface area contributed by atoms with Crippen LogP contribution in [-0.2, 0) is 0 Å². The van der Waals surface area contributed by atoms with Gasteiger partial charge in [0.05, 0.1) is 6.54 Å². The van der Waals surface area contributed by atoms with Gasteiger partial charge in [-0.1, -0.05) is 18.7 Å². The summed E-state index contributed by atoms with van der Waals surface area (Å²) in [5.74, 6) is 1.93. The second-order valence-corrected chi connectivity index (χ2v) is 5.22. The maximum absolute atomic E-state index is 4.54. The molecule has 1 heterocycles. The lowest BCUT2D eigenvalue weighted by Crippen LogP contribution is -2.41. The second-order valence-electron chi connectivity index (χ2n) is 4.21. The molecule has 1 fully saturated rings. The minimum absolute atomic E-state index is 0.564. The summed E-state index contributed by atoms with van der Waals surface area (Å²) in [4.78, 5) is 6.69. The van der Waals surface area contributed by atoms with Gasteiger partial charge in [0, 0.05) is 18.3 Å². The highest BCUT2D eigenvalue weighted by Crippen LogP contribution is 2.18. The highest BCUT2D eigenvalue weighted by molar-refractivity contribution is 8.13. The maximum Gasteiger partial charge on any atom is 0.156 e. The van der Waals surface area contributed by atoms with E-state index < -0.39 is 0 Å². The topological polar surface area (TPSA) is 27.6 Å². The van der Waals surface area contributed by atoms with E-state index in [0.29, 0.717) is 6.04 Å². The Labute approximate surface area is 91.3 Å². The van der Waals surface area contributed by atoms with E-state index in [1.54, 1.807) is 0 Å². The molecule has 1 aliphatic heterocycles. The molecule has 1 saturated heterocycles. The van der Waals surface area contributed by atoms with Crippen LogP contribution in [0.3, 0.4) is 0 Å². The van der Waals surface area contributed by atoms with Gasteiger partial charge in [0.2, 0.25) is 0 Å². The maximum atomic E-state index is 4.54. The molecule has 0 aromatic carbocycles. The molecule has 1 aliphatic rings. The standard InChI is InChI=1S/C10H21N3S/c1-8-7-14-10(12-9(8)2)11-5-6-13(3)4/h8-9H,5-7H2,1-4H3,(H,11,12). The molecule has 0 spiro atoms. The molecule has 3 nitrogen and oxygen atoms in total. The highest BCUT2D eigenvalue weighted by atomic mass is 32.2. The van der Waals surface area contributed by atoms with Gasteiger partial charge in [0.15, 0.2) is 5.17 Å². The fraction of sp³-hybridized carbons (Fsp3) is 0.900. The fourth-order valence-electron chi connectivity index (χ4n) is 1.18. The van der Waals surface area contributed by atoms with Crippen molar-refractivity contribution in [2.24, 2.45) is 10.9 Å². The molecular formula is C10H21N3S. The lowest BCUT2D eigenvalue weighted by Gasteiger charge is -2.28. The van der Waals surface area contributed by atoms with Gasteiger partial charge in [-0.25, -0.2) is 0 Å². The molecule has 4 heteroatoms. The van der Waals surface area contributed by atoms with Gasteiger partial charge in [-0.3, -0.25) is 4.99 Å². The molecule has 0 aliphatic carbocycles. The van der Waals surface area contributed by atoms with Crippen LogP contribution in [0, 0.1) is 5.92 Å². The third kappa shape index (κ3) is 3.88. The van der Waals surface area contributed by atoms with Gasteiger partial charge >= 0.3 is 0 Å². The van der Waals surface area contributed by atoms with E-state index in [9.17, 15) is 0 Å². The molecule has 0 saturated carbocycles. The first-order valence-electron chi connectivity index (χ1n) is 5.18. The number of rotatable bonds is 3. The summed E-state index contributed by atoms with van der Waals surface area (Å²) in [5, 5.41) is 4.56. The number of likely N-dealkylation sites (N-methyl/N-ethyl adjacent to an activating group) is 1. The van der Waals surface area contributed by atoms with Crippen molar-refractivity contribution in [3.63, 3.8) is 0 Å². The minimum atomic E-state index is 0.564. The Kier molecular flexibility index (Phi) is 4.75. The van der Waals surface area contributed by atoms with Gasteiger partial charge in [-0.2, -0.15) is 0 Å². The lowest BCUT2D eigenvalue weighted by molar-refractivity contribution is 0.420. The summed E-state index contributed by atoms with van der Waals surface area (Å²) in [6.07, 6.45) is 0. The third-order valence-corrected chi connectivity index (χ3v) is 3.70. The summed E-state index contributed by atoms with van der Waals surface area (Å²) in [5.41, 5.74) is 0. The van der Waals surface area contributed by atoms with E-state index in [0.717, 1.165) is 24.2 Å². The van der Waals surface area contributed by atoms with E-state index in [1.165, 1.54) is 5.75 Å². The van der Waals surface area contributed by atoms with Gasteiger partial charge in [-0.15, -0.1) is 0 Å². The Balaban J connectivity index is 2.31. The molecule has 2 atom stereocenters.